The number of alkyl halides is 3. The fourth-order valence-electron chi connectivity index (χ4n) is 5.18. The van der Waals surface area contributed by atoms with Gasteiger partial charge in [-0.05, 0) is 43.5 Å². The van der Waals surface area contributed by atoms with Gasteiger partial charge < -0.3 is 14.5 Å². The number of carbonyl (C=O) groups excluding carboxylic acids is 2. The molecule has 2 aliphatic heterocycles. The third-order valence-electron chi connectivity index (χ3n) is 7.31. The fourth-order valence-corrected chi connectivity index (χ4v) is 5.48. The van der Waals surface area contributed by atoms with Crippen molar-refractivity contribution in [3.63, 3.8) is 0 Å². The monoisotopic (exact) mass is 557 g/mol. The van der Waals surface area contributed by atoms with E-state index in [0.29, 0.717) is 49.1 Å². The van der Waals surface area contributed by atoms with Gasteiger partial charge in [-0.25, -0.2) is 4.98 Å². The van der Waals surface area contributed by atoms with Crippen LogP contribution in [0.1, 0.15) is 43.7 Å². The molecule has 6 nitrogen and oxygen atoms in total. The van der Waals surface area contributed by atoms with Crippen LogP contribution in [0.4, 0.5) is 13.2 Å². The summed E-state index contributed by atoms with van der Waals surface area (Å²) < 4.78 is 44.7. The average molecular weight is 558 g/mol. The van der Waals surface area contributed by atoms with Gasteiger partial charge in [0.2, 0.25) is 17.7 Å². The van der Waals surface area contributed by atoms with Gasteiger partial charge in [-0.15, -0.1) is 0 Å². The van der Waals surface area contributed by atoms with Crippen molar-refractivity contribution in [3.8, 4) is 5.88 Å². The molecule has 0 radical (unpaired) electrons. The van der Waals surface area contributed by atoms with Crippen LogP contribution in [0.3, 0.4) is 0 Å². The minimum atomic E-state index is -4.48. The summed E-state index contributed by atoms with van der Waals surface area (Å²) >= 11 is 12.4. The lowest BCUT2D eigenvalue weighted by molar-refractivity contribution is -0.139. The number of rotatable bonds is 5. The number of aromatic nitrogens is 1. The molecule has 200 valence electrons. The summed E-state index contributed by atoms with van der Waals surface area (Å²) in [5, 5.41) is 0.820. The first-order valence-corrected chi connectivity index (χ1v) is 12.9. The molecule has 2 fully saturated rings. The van der Waals surface area contributed by atoms with E-state index in [4.69, 9.17) is 27.9 Å². The lowest BCUT2D eigenvalue weighted by Gasteiger charge is -2.32. The molecule has 0 saturated carbocycles. The summed E-state index contributed by atoms with van der Waals surface area (Å²) in [5.74, 6) is -0.334. The van der Waals surface area contributed by atoms with Gasteiger partial charge >= 0.3 is 6.18 Å². The number of ether oxygens (including phenoxy) is 1. The molecule has 2 amide bonds. The zero-order valence-corrected chi connectivity index (χ0v) is 22.0. The Morgan fingerprint density at radius 1 is 1.05 bits per heavy atom. The lowest BCUT2D eigenvalue weighted by Crippen LogP contribution is -2.43. The molecule has 1 aromatic carbocycles. The van der Waals surface area contributed by atoms with Crippen LogP contribution in [-0.2, 0) is 15.8 Å². The number of benzene rings is 1. The second-order valence-electron chi connectivity index (χ2n) is 9.67. The predicted octanol–water partition coefficient (Wildman–Crippen LogP) is 5.68. The van der Waals surface area contributed by atoms with Gasteiger partial charge in [0.15, 0.2) is 0 Å². The molecule has 0 N–H and O–H groups in total. The Hall–Kier alpha value is -2.52. The minimum Gasteiger partial charge on any atom is -0.474 e. The summed E-state index contributed by atoms with van der Waals surface area (Å²) in [6.07, 6.45) is -2.97. The molecule has 0 bridgehead atoms. The van der Waals surface area contributed by atoms with Crippen molar-refractivity contribution < 1.29 is 27.5 Å². The van der Waals surface area contributed by atoms with Crippen LogP contribution in [-0.4, -0.2) is 58.9 Å². The molecule has 2 aliphatic rings. The highest BCUT2D eigenvalue weighted by Gasteiger charge is 2.42. The molecule has 37 heavy (non-hydrogen) atoms. The lowest BCUT2D eigenvalue weighted by atomic mass is 9.86. The van der Waals surface area contributed by atoms with Gasteiger partial charge in [-0.2, -0.15) is 13.2 Å². The Bertz CT molecular complexity index is 1140. The van der Waals surface area contributed by atoms with Crippen LogP contribution in [0.2, 0.25) is 10.0 Å². The maximum Gasteiger partial charge on any atom is 0.417 e. The summed E-state index contributed by atoms with van der Waals surface area (Å²) in [7, 11) is 0. The molecular weight excluding hydrogens is 530 g/mol. The number of hydrogen-bond acceptors (Lipinski definition) is 4. The van der Waals surface area contributed by atoms with Gasteiger partial charge in [-0.3, -0.25) is 9.59 Å². The summed E-state index contributed by atoms with van der Waals surface area (Å²) in [6, 6.07) is 7.50. The maximum absolute atomic E-state index is 13.4. The van der Waals surface area contributed by atoms with E-state index in [-0.39, 0.29) is 35.4 Å². The average Bonchev–Trinajstić information content (AvgIpc) is 3.31. The minimum absolute atomic E-state index is 0.00895. The molecular formula is C26H28Cl2F3N3O3. The molecule has 3 atom stereocenters. The van der Waals surface area contributed by atoms with E-state index >= 15 is 0 Å². The Morgan fingerprint density at radius 2 is 1.76 bits per heavy atom. The second kappa shape index (κ2) is 11.1. The van der Waals surface area contributed by atoms with Gasteiger partial charge in [-0.1, -0.05) is 29.3 Å². The number of carbonyl (C=O) groups is 2. The quantitative estimate of drug-likeness (QED) is 0.474. The van der Waals surface area contributed by atoms with E-state index in [2.05, 4.69) is 4.98 Å². The van der Waals surface area contributed by atoms with E-state index < -0.39 is 17.8 Å². The highest BCUT2D eigenvalue weighted by molar-refractivity contribution is 6.42. The van der Waals surface area contributed by atoms with Gasteiger partial charge in [0, 0.05) is 63.1 Å². The normalized spacial score (nSPS) is 21.7. The third kappa shape index (κ3) is 6.32. The molecule has 2 saturated heterocycles. The first-order valence-electron chi connectivity index (χ1n) is 12.1. The zero-order chi connectivity index (χ0) is 26.9. The van der Waals surface area contributed by atoms with Gasteiger partial charge in [0.1, 0.15) is 6.10 Å². The molecule has 0 unspecified atom stereocenters. The Labute approximate surface area is 223 Å². The van der Waals surface area contributed by atoms with Crippen LogP contribution in [0.5, 0.6) is 5.88 Å². The van der Waals surface area contributed by atoms with Gasteiger partial charge in [0.05, 0.1) is 15.6 Å². The van der Waals surface area contributed by atoms with E-state index in [1.54, 1.807) is 17.0 Å². The number of pyridine rings is 1. The Balaban J connectivity index is 1.52. The van der Waals surface area contributed by atoms with E-state index in [0.717, 1.165) is 17.8 Å². The van der Waals surface area contributed by atoms with Crippen molar-refractivity contribution in [2.45, 2.75) is 44.9 Å². The number of hydrogen-bond donors (Lipinski definition) is 0. The smallest absolute Gasteiger partial charge is 0.417 e. The van der Waals surface area contributed by atoms with E-state index in [1.807, 2.05) is 17.9 Å². The zero-order valence-electron chi connectivity index (χ0n) is 20.5. The van der Waals surface area contributed by atoms with Crippen molar-refractivity contribution >= 4 is 35.0 Å². The summed E-state index contributed by atoms with van der Waals surface area (Å²) in [5.41, 5.74) is 0.0478. The number of nitrogens with zero attached hydrogens (tertiary/aromatic N) is 3. The predicted molar refractivity (Wildman–Crippen MR) is 134 cm³/mol. The van der Waals surface area contributed by atoms with Crippen molar-refractivity contribution in [1.29, 1.82) is 0 Å². The number of likely N-dealkylation sites (tertiary alicyclic amines) is 2. The molecule has 1 aromatic heterocycles. The summed E-state index contributed by atoms with van der Waals surface area (Å²) in [4.78, 5) is 32.5. The molecule has 3 heterocycles. The fraction of sp³-hybridized carbons (Fsp3) is 0.500. The van der Waals surface area contributed by atoms with Crippen LogP contribution >= 0.6 is 23.2 Å². The largest absolute Gasteiger partial charge is 0.474 e. The molecule has 11 heteroatoms. The highest BCUT2D eigenvalue weighted by atomic mass is 35.5. The van der Waals surface area contributed by atoms with E-state index in [1.165, 1.54) is 13.0 Å². The topological polar surface area (TPSA) is 62.7 Å². The molecule has 2 aromatic rings. The molecule has 0 spiro atoms. The molecule has 4 rings (SSSR count). The van der Waals surface area contributed by atoms with Crippen molar-refractivity contribution in [3.05, 3.63) is 57.7 Å². The number of amides is 2. The van der Waals surface area contributed by atoms with Crippen LogP contribution in [0, 0.1) is 11.8 Å². The van der Waals surface area contributed by atoms with E-state index in [9.17, 15) is 22.8 Å². The first-order chi connectivity index (χ1) is 17.4. The number of halogens is 5. The van der Waals surface area contributed by atoms with Crippen LogP contribution in [0.15, 0.2) is 36.5 Å². The first kappa shape index (κ1) is 27.5. The highest BCUT2D eigenvalue weighted by Crippen LogP contribution is 2.39. The third-order valence-corrected chi connectivity index (χ3v) is 8.05. The van der Waals surface area contributed by atoms with Crippen molar-refractivity contribution in [2.24, 2.45) is 11.8 Å². The SMILES string of the molecule is CC(=O)N1CCC(C(=O)N2C[C@H]([C@H](C)Oc3ccc(C(F)(F)F)cn3)[C@@H](c3ccc(Cl)c(Cl)c3)C2)CC1. The van der Waals surface area contributed by atoms with Crippen LogP contribution < -0.4 is 4.74 Å². The Kier molecular flexibility index (Phi) is 8.23. The Morgan fingerprint density at radius 3 is 2.32 bits per heavy atom. The summed E-state index contributed by atoms with van der Waals surface area (Å²) in [6.45, 7) is 5.33. The maximum atomic E-state index is 13.4. The van der Waals surface area contributed by atoms with Crippen molar-refractivity contribution in [2.75, 3.05) is 26.2 Å². The van der Waals surface area contributed by atoms with Gasteiger partial charge in [0.25, 0.3) is 0 Å². The van der Waals surface area contributed by atoms with Crippen LogP contribution in [0.25, 0.3) is 0 Å². The standard InChI is InChI=1S/C26H28Cl2F3N3O3/c1-15(37-24-6-4-19(12-32-24)26(29,30)31)20-13-34(14-21(20)18-3-5-22(27)23(28)11-18)25(36)17-7-9-33(10-8-17)16(2)35/h3-6,11-12,15,17,20-21H,7-10,13-14H2,1-2H3/t15-,20+,21+/m0/s1. The van der Waals surface area contributed by atoms with Crippen molar-refractivity contribution in [1.82, 2.24) is 14.8 Å². The number of piperidine rings is 1. The molecule has 0 aliphatic carbocycles. The second-order valence-corrected chi connectivity index (χ2v) is 10.5.